The zero-order valence-electron chi connectivity index (χ0n) is 10.2. The summed E-state index contributed by atoms with van der Waals surface area (Å²) in [5.74, 6) is 0.231. The number of ether oxygens (including phenoxy) is 1. The summed E-state index contributed by atoms with van der Waals surface area (Å²) in [5, 5.41) is 0.337. The maximum atomic E-state index is 13.0. The minimum absolute atomic E-state index is 0.137. The first-order valence-corrected chi connectivity index (χ1v) is 6.87. The molecule has 0 aromatic heterocycles. The summed E-state index contributed by atoms with van der Waals surface area (Å²) in [6.07, 6.45) is 5.73. The summed E-state index contributed by atoms with van der Waals surface area (Å²) in [6, 6.07) is 4.51. The van der Waals surface area contributed by atoms with Crippen LogP contribution in [0.1, 0.15) is 32.1 Å². The van der Waals surface area contributed by atoms with E-state index in [0.717, 1.165) is 19.3 Å². The van der Waals surface area contributed by atoms with Gasteiger partial charge in [-0.15, -0.1) is 0 Å². The molecule has 2 N–H and O–H groups in total. The summed E-state index contributed by atoms with van der Waals surface area (Å²) >= 11 is 5.99. The molecule has 0 bridgehead atoms. The van der Waals surface area contributed by atoms with Gasteiger partial charge in [-0.05, 0) is 31.0 Å². The van der Waals surface area contributed by atoms with Crippen LogP contribution >= 0.6 is 11.6 Å². The lowest BCUT2D eigenvalue weighted by atomic mass is 9.61. The Balaban J connectivity index is 1.77. The summed E-state index contributed by atoms with van der Waals surface area (Å²) in [7, 11) is 0. The average Bonchev–Trinajstić information content (AvgIpc) is 2.83. The van der Waals surface area contributed by atoms with Gasteiger partial charge in [-0.2, -0.15) is 0 Å². The molecule has 98 valence electrons. The Hall–Kier alpha value is -0.800. The van der Waals surface area contributed by atoms with E-state index in [2.05, 4.69) is 0 Å². The third-order valence-corrected chi connectivity index (χ3v) is 4.84. The van der Waals surface area contributed by atoms with Crippen molar-refractivity contribution < 1.29 is 9.13 Å². The molecule has 1 aromatic rings. The average molecular weight is 270 g/mol. The predicted molar refractivity (Wildman–Crippen MR) is 69.3 cm³/mol. The Kier molecular flexibility index (Phi) is 2.99. The summed E-state index contributed by atoms with van der Waals surface area (Å²) in [4.78, 5) is 0. The van der Waals surface area contributed by atoms with Crippen LogP contribution in [0.2, 0.25) is 5.02 Å². The highest BCUT2D eigenvalue weighted by Gasteiger charge is 2.56. The summed E-state index contributed by atoms with van der Waals surface area (Å²) in [5.41, 5.74) is 6.29. The first-order chi connectivity index (χ1) is 8.62. The zero-order chi connectivity index (χ0) is 12.8. The number of halogens is 2. The fourth-order valence-electron chi connectivity index (χ4n) is 3.39. The predicted octanol–water partition coefficient (Wildman–Crippen LogP) is 3.52. The quantitative estimate of drug-likeness (QED) is 0.892. The topological polar surface area (TPSA) is 35.2 Å². The summed E-state index contributed by atoms with van der Waals surface area (Å²) < 4.78 is 18.9. The number of rotatable bonds is 2. The van der Waals surface area contributed by atoms with E-state index >= 15 is 0 Å². The highest BCUT2D eigenvalue weighted by Crippen LogP contribution is 2.54. The van der Waals surface area contributed by atoms with E-state index in [9.17, 15) is 4.39 Å². The Bertz CT molecular complexity index is 459. The van der Waals surface area contributed by atoms with Crippen molar-refractivity contribution in [2.75, 3.05) is 0 Å². The van der Waals surface area contributed by atoms with Gasteiger partial charge in [0, 0.05) is 17.9 Å². The molecule has 18 heavy (non-hydrogen) atoms. The molecule has 0 heterocycles. The van der Waals surface area contributed by atoms with Gasteiger partial charge >= 0.3 is 0 Å². The van der Waals surface area contributed by atoms with Crippen molar-refractivity contribution in [3.63, 3.8) is 0 Å². The van der Waals surface area contributed by atoms with Crippen molar-refractivity contribution in [1.82, 2.24) is 0 Å². The van der Waals surface area contributed by atoms with Crippen LogP contribution in [0.4, 0.5) is 4.39 Å². The lowest BCUT2D eigenvalue weighted by Crippen LogP contribution is -2.62. The van der Waals surface area contributed by atoms with Crippen molar-refractivity contribution in [1.29, 1.82) is 0 Å². The van der Waals surface area contributed by atoms with Crippen molar-refractivity contribution in [3.05, 3.63) is 29.0 Å². The number of hydrogen-bond acceptors (Lipinski definition) is 2. The van der Waals surface area contributed by atoms with E-state index in [1.165, 1.54) is 25.0 Å². The minimum atomic E-state index is -0.340. The zero-order valence-corrected chi connectivity index (χ0v) is 10.9. The maximum absolute atomic E-state index is 13.0. The first kappa shape index (κ1) is 12.2. The second-order valence-electron chi connectivity index (χ2n) is 5.46. The summed E-state index contributed by atoms with van der Waals surface area (Å²) in [6.45, 7) is 0. The van der Waals surface area contributed by atoms with Gasteiger partial charge in [0.25, 0.3) is 0 Å². The Morgan fingerprint density at radius 3 is 2.67 bits per heavy atom. The smallest absolute Gasteiger partial charge is 0.138 e. The van der Waals surface area contributed by atoms with Gasteiger partial charge in [-0.3, -0.25) is 0 Å². The largest absolute Gasteiger partial charge is 0.488 e. The number of benzene rings is 1. The van der Waals surface area contributed by atoms with E-state index in [0.29, 0.717) is 10.8 Å². The Morgan fingerprint density at radius 2 is 2.06 bits per heavy atom. The van der Waals surface area contributed by atoms with Gasteiger partial charge in [0.2, 0.25) is 0 Å². The monoisotopic (exact) mass is 269 g/mol. The van der Waals surface area contributed by atoms with Crippen LogP contribution in [0.15, 0.2) is 18.2 Å². The Morgan fingerprint density at radius 1 is 1.33 bits per heavy atom. The van der Waals surface area contributed by atoms with Crippen LogP contribution in [0, 0.1) is 11.2 Å². The highest BCUT2D eigenvalue weighted by molar-refractivity contribution is 6.32. The lowest BCUT2D eigenvalue weighted by Gasteiger charge is -2.52. The molecule has 2 saturated carbocycles. The molecule has 2 aliphatic rings. The van der Waals surface area contributed by atoms with Crippen LogP contribution < -0.4 is 10.5 Å². The molecule has 1 spiro atoms. The Labute approximate surface area is 111 Å². The van der Waals surface area contributed by atoms with Gasteiger partial charge in [0.15, 0.2) is 0 Å². The highest BCUT2D eigenvalue weighted by atomic mass is 35.5. The molecule has 2 nitrogen and oxygen atoms in total. The van der Waals surface area contributed by atoms with Crippen molar-refractivity contribution in [2.24, 2.45) is 11.1 Å². The molecule has 2 atom stereocenters. The van der Waals surface area contributed by atoms with Crippen molar-refractivity contribution >= 4 is 11.6 Å². The molecule has 0 amide bonds. The van der Waals surface area contributed by atoms with Crippen LogP contribution in [-0.2, 0) is 0 Å². The second kappa shape index (κ2) is 4.39. The molecule has 4 heteroatoms. The SMILES string of the molecule is NC1CC(Oc2ccc(F)cc2Cl)C12CCCC2. The van der Waals surface area contributed by atoms with Crippen molar-refractivity contribution in [2.45, 2.75) is 44.2 Å². The van der Waals surface area contributed by atoms with Gasteiger partial charge in [0.1, 0.15) is 17.7 Å². The fraction of sp³-hybridized carbons (Fsp3) is 0.571. The van der Waals surface area contributed by atoms with Gasteiger partial charge < -0.3 is 10.5 Å². The third kappa shape index (κ3) is 1.81. The van der Waals surface area contributed by atoms with Crippen LogP contribution in [0.5, 0.6) is 5.75 Å². The van der Waals surface area contributed by atoms with Crippen LogP contribution in [-0.4, -0.2) is 12.1 Å². The van der Waals surface area contributed by atoms with E-state index in [4.69, 9.17) is 22.1 Å². The molecule has 1 aromatic carbocycles. The van der Waals surface area contributed by atoms with Gasteiger partial charge in [0.05, 0.1) is 5.02 Å². The standard InChI is InChI=1S/C14H17ClFNO/c15-10-7-9(16)3-4-11(10)18-13-8-12(17)14(13)5-1-2-6-14/h3-4,7,12-13H,1-2,5-6,8,17H2. The lowest BCUT2D eigenvalue weighted by molar-refractivity contribution is -0.0619. The third-order valence-electron chi connectivity index (χ3n) is 4.55. The normalized spacial score (nSPS) is 29.3. The second-order valence-corrected chi connectivity index (χ2v) is 5.87. The molecule has 0 radical (unpaired) electrons. The molecule has 0 aliphatic heterocycles. The van der Waals surface area contributed by atoms with Crippen LogP contribution in [0.3, 0.4) is 0 Å². The molecule has 2 fully saturated rings. The van der Waals surface area contributed by atoms with Crippen molar-refractivity contribution in [3.8, 4) is 5.75 Å². The van der Waals surface area contributed by atoms with Gasteiger partial charge in [-0.25, -0.2) is 4.39 Å². The van der Waals surface area contributed by atoms with Gasteiger partial charge in [-0.1, -0.05) is 24.4 Å². The van der Waals surface area contributed by atoms with E-state index in [1.807, 2.05) is 0 Å². The number of hydrogen-bond donors (Lipinski definition) is 1. The fourth-order valence-corrected chi connectivity index (χ4v) is 3.61. The molecule has 2 unspecified atom stereocenters. The first-order valence-electron chi connectivity index (χ1n) is 6.49. The molecule has 2 aliphatic carbocycles. The molecular weight excluding hydrogens is 253 g/mol. The molecular formula is C14H17ClFNO. The van der Waals surface area contributed by atoms with Crippen LogP contribution in [0.25, 0.3) is 0 Å². The molecule has 0 saturated heterocycles. The number of nitrogens with two attached hydrogens (primary N) is 1. The minimum Gasteiger partial charge on any atom is -0.488 e. The molecule has 3 rings (SSSR count). The van der Waals surface area contributed by atoms with E-state index < -0.39 is 0 Å². The maximum Gasteiger partial charge on any atom is 0.138 e. The van der Waals surface area contributed by atoms with E-state index in [-0.39, 0.29) is 23.4 Å². The van der Waals surface area contributed by atoms with E-state index in [1.54, 1.807) is 6.07 Å².